The van der Waals surface area contributed by atoms with Gasteiger partial charge in [0.25, 0.3) is 0 Å². The number of hydrogen-bond donors (Lipinski definition) is 0. The summed E-state index contributed by atoms with van der Waals surface area (Å²) in [5.41, 5.74) is 0. The normalized spacial score (nSPS) is 0. The van der Waals surface area contributed by atoms with Gasteiger partial charge in [0.05, 0.1) is 0 Å². The van der Waals surface area contributed by atoms with Gasteiger partial charge >= 0.3 is 0 Å². The Labute approximate surface area is 89.4 Å². The van der Waals surface area contributed by atoms with Gasteiger partial charge in [0.1, 0.15) is 0 Å². The molecule has 0 saturated carbocycles. The molecule has 0 aliphatic heterocycles. The van der Waals surface area contributed by atoms with E-state index in [1.54, 1.807) is 0 Å². The second-order valence-electron chi connectivity index (χ2n) is 0. The van der Waals surface area contributed by atoms with Crippen molar-refractivity contribution in [2.75, 3.05) is 0 Å². The van der Waals surface area contributed by atoms with Crippen molar-refractivity contribution in [2.45, 2.75) is 0 Å². The van der Waals surface area contributed by atoms with Crippen LogP contribution in [0.2, 0.25) is 0 Å². The van der Waals surface area contributed by atoms with Crippen LogP contribution in [0.25, 0.3) is 0 Å². The average molecular weight is 303 g/mol. The first-order valence-electron chi connectivity index (χ1n) is 0. The molecular formula is CCrFeMoNiSi. The van der Waals surface area contributed by atoms with Crippen molar-refractivity contribution in [3.63, 3.8) is 0 Å². The average Bonchev–Trinajstić information content (AvgIpc) is 0. The molecule has 0 amide bonds. The Kier molecular flexibility index (Phi) is 672. The van der Waals surface area contributed by atoms with Crippen LogP contribution >= 0.6 is 0 Å². The van der Waals surface area contributed by atoms with Crippen LogP contribution in [-0.2, 0) is 72.0 Å². The van der Waals surface area contributed by atoms with E-state index in [0.717, 1.165) is 0 Å². The van der Waals surface area contributed by atoms with Gasteiger partial charge in [0.15, 0.2) is 0 Å². The molecule has 5 heteroatoms. The zero-order valence-corrected chi connectivity index (χ0v) is 8.86. The Morgan fingerprint density at radius 2 is 1.00 bits per heavy atom. The Balaban J connectivity index is 0. The fourth-order valence-corrected chi connectivity index (χ4v) is 0. The van der Waals surface area contributed by atoms with Crippen molar-refractivity contribution >= 4 is 11.0 Å². The summed E-state index contributed by atoms with van der Waals surface area (Å²) in [5, 5.41) is 0. The van der Waals surface area contributed by atoms with Crippen LogP contribution in [0.15, 0.2) is 0 Å². The quantitative estimate of drug-likeness (QED) is 0.539. The predicted molar refractivity (Wildman–Crippen MR) is 9.00 cm³/mol. The topological polar surface area (TPSA) is 0 Å². The third-order valence-electron chi connectivity index (χ3n) is 0. The summed E-state index contributed by atoms with van der Waals surface area (Å²) in [6, 6.07) is 0. The Bertz CT molecular complexity index is 15.5. The van der Waals surface area contributed by atoms with Gasteiger partial charge in [0.2, 0.25) is 0 Å². The van der Waals surface area contributed by atoms with Crippen molar-refractivity contribution < 1.29 is 72.0 Å². The monoisotopic (exact) mass is 304 g/mol. The van der Waals surface area contributed by atoms with Crippen LogP contribution in [0.1, 0.15) is 0 Å². The minimum atomic E-state index is 0. The molecule has 0 aliphatic carbocycles. The molecule has 0 N–H and O–H groups in total. The molecule has 0 aliphatic rings. The maximum Gasteiger partial charge on any atom is 0 e. The van der Waals surface area contributed by atoms with Gasteiger partial charge in [-0.25, -0.2) is 0 Å². The fraction of sp³-hybridized carbons (Fsp3) is 0. The molecule has 0 rings (SSSR count). The molecule has 0 fully saturated rings. The van der Waals surface area contributed by atoms with Crippen molar-refractivity contribution in [1.82, 2.24) is 0 Å². The minimum Gasteiger partial charge on any atom is 0 e. The maximum atomic E-state index is 0. The van der Waals surface area contributed by atoms with Gasteiger partial charge in [-0.2, -0.15) is 0 Å². The summed E-state index contributed by atoms with van der Waals surface area (Å²) < 4.78 is 0. The summed E-state index contributed by atoms with van der Waals surface area (Å²) in [6.45, 7) is 0. The van der Waals surface area contributed by atoms with E-state index in [1.165, 1.54) is 0 Å². The third-order valence-corrected chi connectivity index (χ3v) is 0. The molecule has 0 aromatic heterocycles. The van der Waals surface area contributed by atoms with E-state index in [9.17, 15) is 0 Å². The van der Waals surface area contributed by atoms with Gasteiger partial charge in [-0.15, -0.1) is 0 Å². The van der Waals surface area contributed by atoms with Crippen LogP contribution in [0.3, 0.4) is 0 Å². The molecule has 0 aromatic carbocycles. The van der Waals surface area contributed by atoms with Crippen LogP contribution in [0, 0.1) is 7.43 Å². The van der Waals surface area contributed by atoms with E-state index in [1.807, 2.05) is 0 Å². The third kappa shape index (κ3) is 31.9. The Hall–Kier alpha value is 2.45. The largest absolute Gasteiger partial charge is 0 e. The molecular weight excluding hydrogens is 303 g/mol. The van der Waals surface area contributed by atoms with Crippen LogP contribution < -0.4 is 0 Å². The van der Waals surface area contributed by atoms with Gasteiger partial charge in [-0.1, -0.05) is 0 Å². The van der Waals surface area contributed by atoms with Crippen molar-refractivity contribution in [3.05, 3.63) is 7.43 Å². The van der Waals surface area contributed by atoms with Crippen LogP contribution in [0.5, 0.6) is 0 Å². The molecule has 0 atom stereocenters. The van der Waals surface area contributed by atoms with E-state index in [-0.39, 0.29) is 90.4 Å². The number of hydrogen-bond acceptors (Lipinski definition) is 0. The summed E-state index contributed by atoms with van der Waals surface area (Å²) in [6.07, 6.45) is 0. The van der Waals surface area contributed by atoms with Crippen LogP contribution in [-0.4, -0.2) is 11.0 Å². The van der Waals surface area contributed by atoms with Gasteiger partial charge < -0.3 is 0 Å². The predicted octanol–water partition coefficient (Wildman–Crippen LogP) is -0.310. The molecule has 0 saturated heterocycles. The molecule has 0 aromatic rings. The molecule has 0 heterocycles. The first-order valence-corrected chi connectivity index (χ1v) is 0. The van der Waals surface area contributed by atoms with Gasteiger partial charge in [0, 0.05) is 90.4 Å². The Morgan fingerprint density at radius 1 is 1.00 bits per heavy atom. The van der Waals surface area contributed by atoms with E-state index < -0.39 is 0 Å². The summed E-state index contributed by atoms with van der Waals surface area (Å²) in [4.78, 5) is 0. The maximum absolute atomic E-state index is 0. The van der Waals surface area contributed by atoms with Crippen molar-refractivity contribution in [2.24, 2.45) is 0 Å². The first-order chi connectivity index (χ1) is 0. The van der Waals surface area contributed by atoms with Crippen molar-refractivity contribution in [1.29, 1.82) is 0 Å². The van der Waals surface area contributed by atoms with E-state index >= 15 is 0 Å². The zero-order valence-electron chi connectivity index (χ0n) is 2.49. The smallest absolute Gasteiger partial charge is 0 e. The molecule has 0 spiro atoms. The summed E-state index contributed by atoms with van der Waals surface area (Å²) >= 11 is 0. The van der Waals surface area contributed by atoms with Gasteiger partial charge in [-0.05, 0) is 0 Å². The molecule has 0 unspecified atom stereocenters. The standard InChI is InChI=1S/C.Cr.Fe.Mo.Ni.Si. The summed E-state index contributed by atoms with van der Waals surface area (Å²) in [5.74, 6) is 0. The molecule has 0 bridgehead atoms. The Morgan fingerprint density at radius 3 is 1.00 bits per heavy atom. The van der Waals surface area contributed by atoms with Crippen LogP contribution in [0.4, 0.5) is 0 Å². The molecule has 8 radical (unpaired) electrons. The van der Waals surface area contributed by atoms with Gasteiger partial charge in [-0.3, -0.25) is 0 Å². The first kappa shape index (κ1) is 78.1. The van der Waals surface area contributed by atoms with Crippen molar-refractivity contribution in [3.8, 4) is 0 Å². The van der Waals surface area contributed by atoms with E-state index in [2.05, 4.69) is 0 Å². The number of rotatable bonds is 0. The summed E-state index contributed by atoms with van der Waals surface area (Å²) in [7, 11) is 0. The minimum absolute atomic E-state index is 0. The fourth-order valence-electron chi connectivity index (χ4n) is 0. The zero-order chi connectivity index (χ0) is 0. The molecule has 38 valence electrons. The molecule has 6 heavy (non-hydrogen) atoms. The molecule has 0 nitrogen and oxygen atoms in total. The SMILES string of the molecule is [C].[Cr].[Fe].[Mo].[Ni].[Si]. The second kappa shape index (κ2) is 51.6. The van der Waals surface area contributed by atoms with E-state index in [4.69, 9.17) is 0 Å². The van der Waals surface area contributed by atoms with E-state index in [0.29, 0.717) is 0 Å². The second-order valence-corrected chi connectivity index (χ2v) is 0.